The Morgan fingerprint density at radius 2 is 1.37 bits per heavy atom. The normalized spacial score (nSPS) is 13.4. The van der Waals surface area contributed by atoms with Crippen molar-refractivity contribution in [2.45, 2.75) is 86.0 Å². The van der Waals surface area contributed by atoms with Crippen molar-refractivity contribution in [2.75, 3.05) is 13.1 Å². The van der Waals surface area contributed by atoms with E-state index in [1.807, 2.05) is 0 Å². The molecular formula is C18H39N. The van der Waals surface area contributed by atoms with Gasteiger partial charge in [0.2, 0.25) is 0 Å². The zero-order chi connectivity index (χ0) is 14.5. The van der Waals surface area contributed by atoms with Crippen molar-refractivity contribution in [3.05, 3.63) is 0 Å². The number of hydrogen-bond acceptors (Lipinski definition) is 1. The summed E-state index contributed by atoms with van der Waals surface area (Å²) in [6.45, 7) is 14.0. The van der Waals surface area contributed by atoms with Crippen molar-refractivity contribution in [1.82, 2.24) is 5.32 Å². The molecule has 0 fully saturated rings. The Hall–Kier alpha value is -0.0400. The van der Waals surface area contributed by atoms with Gasteiger partial charge in [0.25, 0.3) is 0 Å². The van der Waals surface area contributed by atoms with Crippen LogP contribution in [0.4, 0.5) is 0 Å². The maximum absolute atomic E-state index is 3.65. The van der Waals surface area contributed by atoms with Crippen LogP contribution in [0, 0.1) is 17.8 Å². The lowest BCUT2D eigenvalue weighted by atomic mass is 9.91. The summed E-state index contributed by atoms with van der Waals surface area (Å²) in [5, 5.41) is 3.65. The molecule has 19 heavy (non-hydrogen) atoms. The monoisotopic (exact) mass is 269 g/mol. The molecule has 1 heteroatoms. The minimum atomic E-state index is 0.772. The summed E-state index contributed by atoms with van der Waals surface area (Å²) in [5.74, 6) is 2.50. The fraction of sp³-hybridized carbons (Fsp3) is 1.00. The summed E-state index contributed by atoms with van der Waals surface area (Å²) in [5.41, 5.74) is 0. The molecule has 0 heterocycles. The van der Waals surface area contributed by atoms with E-state index in [4.69, 9.17) is 0 Å². The number of unbranched alkanes of at least 4 members (excludes halogenated alkanes) is 5. The highest BCUT2D eigenvalue weighted by Gasteiger charge is 2.10. The predicted molar refractivity (Wildman–Crippen MR) is 88.6 cm³/mol. The third-order valence-corrected chi connectivity index (χ3v) is 3.76. The number of hydrogen-bond donors (Lipinski definition) is 1. The fourth-order valence-corrected chi connectivity index (χ4v) is 2.76. The highest BCUT2D eigenvalue weighted by molar-refractivity contribution is 4.66. The van der Waals surface area contributed by atoms with Gasteiger partial charge in [-0.05, 0) is 43.7 Å². The first-order valence-corrected chi connectivity index (χ1v) is 8.76. The molecule has 0 aromatic carbocycles. The summed E-state index contributed by atoms with van der Waals surface area (Å²) in [6.07, 6.45) is 11.4. The topological polar surface area (TPSA) is 12.0 Å². The maximum atomic E-state index is 3.65. The Kier molecular flexibility index (Phi) is 12.9. The second-order valence-electron chi connectivity index (χ2n) is 7.10. The van der Waals surface area contributed by atoms with Crippen LogP contribution in [0.3, 0.4) is 0 Å². The largest absolute Gasteiger partial charge is 0.316 e. The van der Waals surface area contributed by atoms with Gasteiger partial charge in [0.1, 0.15) is 0 Å². The fourth-order valence-electron chi connectivity index (χ4n) is 2.76. The highest BCUT2D eigenvalue weighted by atomic mass is 14.9. The van der Waals surface area contributed by atoms with Crippen LogP contribution in [-0.4, -0.2) is 13.1 Å². The van der Waals surface area contributed by atoms with Crippen molar-refractivity contribution in [2.24, 2.45) is 17.8 Å². The number of rotatable bonds is 13. The van der Waals surface area contributed by atoms with Gasteiger partial charge in [0, 0.05) is 0 Å². The average molecular weight is 270 g/mol. The first kappa shape index (κ1) is 19.0. The maximum Gasteiger partial charge on any atom is -0.00203 e. The Balaban J connectivity index is 3.67. The minimum Gasteiger partial charge on any atom is -0.316 e. The molecule has 0 saturated carbocycles. The van der Waals surface area contributed by atoms with Crippen molar-refractivity contribution >= 4 is 0 Å². The molecule has 1 nitrogen and oxygen atoms in total. The van der Waals surface area contributed by atoms with E-state index in [9.17, 15) is 0 Å². The second kappa shape index (κ2) is 13.0. The summed E-state index contributed by atoms with van der Waals surface area (Å²) in [4.78, 5) is 0. The molecule has 0 bridgehead atoms. The molecule has 0 aliphatic carbocycles. The zero-order valence-corrected chi connectivity index (χ0v) is 14.3. The van der Waals surface area contributed by atoms with E-state index >= 15 is 0 Å². The summed E-state index contributed by atoms with van der Waals surface area (Å²) in [6, 6.07) is 0. The molecule has 0 aromatic rings. The molecule has 116 valence electrons. The van der Waals surface area contributed by atoms with Gasteiger partial charge in [-0.25, -0.2) is 0 Å². The molecular weight excluding hydrogens is 230 g/mol. The second-order valence-corrected chi connectivity index (χ2v) is 7.10. The van der Waals surface area contributed by atoms with E-state index in [1.165, 1.54) is 64.5 Å². The minimum absolute atomic E-state index is 0.772. The Bertz CT molecular complexity index is 175. The van der Waals surface area contributed by atoms with E-state index < -0.39 is 0 Å². The van der Waals surface area contributed by atoms with Gasteiger partial charge in [-0.1, -0.05) is 73.1 Å². The van der Waals surface area contributed by atoms with Crippen LogP contribution >= 0.6 is 0 Å². The molecule has 0 rings (SSSR count). The Labute approximate surface area is 122 Å². The van der Waals surface area contributed by atoms with Crippen LogP contribution in [0.15, 0.2) is 0 Å². The molecule has 1 atom stereocenters. The lowest BCUT2D eigenvalue weighted by molar-refractivity contribution is 0.347. The van der Waals surface area contributed by atoms with Crippen LogP contribution in [0.2, 0.25) is 0 Å². The van der Waals surface area contributed by atoms with E-state index in [0.717, 1.165) is 17.8 Å². The summed E-state index contributed by atoms with van der Waals surface area (Å²) >= 11 is 0. The van der Waals surface area contributed by atoms with Crippen LogP contribution in [0.25, 0.3) is 0 Å². The molecule has 0 aliphatic heterocycles. The van der Waals surface area contributed by atoms with Gasteiger partial charge >= 0.3 is 0 Å². The van der Waals surface area contributed by atoms with E-state index in [2.05, 4.69) is 39.9 Å². The van der Waals surface area contributed by atoms with Crippen LogP contribution < -0.4 is 5.32 Å². The Morgan fingerprint density at radius 1 is 0.737 bits per heavy atom. The molecule has 0 amide bonds. The van der Waals surface area contributed by atoms with Gasteiger partial charge in [-0.2, -0.15) is 0 Å². The molecule has 1 unspecified atom stereocenters. The standard InChI is InChI=1S/C18H39N/c1-6-7-8-9-10-11-12-18(13-16(2)3)15-19-14-17(4)5/h16-19H,6-15H2,1-5H3. The average Bonchev–Trinajstić information content (AvgIpc) is 2.32. The summed E-state index contributed by atoms with van der Waals surface area (Å²) in [7, 11) is 0. The van der Waals surface area contributed by atoms with Gasteiger partial charge in [-0.3, -0.25) is 0 Å². The van der Waals surface area contributed by atoms with Gasteiger partial charge in [0.15, 0.2) is 0 Å². The summed E-state index contributed by atoms with van der Waals surface area (Å²) < 4.78 is 0. The van der Waals surface area contributed by atoms with Gasteiger partial charge in [0.05, 0.1) is 0 Å². The van der Waals surface area contributed by atoms with Crippen LogP contribution in [0.5, 0.6) is 0 Å². The van der Waals surface area contributed by atoms with E-state index in [-0.39, 0.29) is 0 Å². The van der Waals surface area contributed by atoms with Crippen LogP contribution in [-0.2, 0) is 0 Å². The molecule has 0 aromatic heterocycles. The molecule has 0 saturated heterocycles. The Morgan fingerprint density at radius 3 is 1.95 bits per heavy atom. The zero-order valence-electron chi connectivity index (χ0n) is 14.3. The van der Waals surface area contributed by atoms with Crippen molar-refractivity contribution in [3.8, 4) is 0 Å². The molecule has 0 radical (unpaired) electrons. The molecule has 1 N–H and O–H groups in total. The van der Waals surface area contributed by atoms with E-state index in [1.54, 1.807) is 0 Å². The molecule has 0 spiro atoms. The van der Waals surface area contributed by atoms with Gasteiger partial charge in [-0.15, -0.1) is 0 Å². The number of nitrogens with one attached hydrogen (secondary N) is 1. The first-order chi connectivity index (χ1) is 9.06. The van der Waals surface area contributed by atoms with E-state index in [0.29, 0.717) is 0 Å². The SMILES string of the molecule is CCCCCCCCC(CNCC(C)C)CC(C)C. The van der Waals surface area contributed by atoms with Crippen molar-refractivity contribution < 1.29 is 0 Å². The smallest absolute Gasteiger partial charge is 0.00203 e. The van der Waals surface area contributed by atoms with Crippen LogP contribution in [0.1, 0.15) is 86.0 Å². The predicted octanol–water partition coefficient (Wildman–Crippen LogP) is 5.64. The van der Waals surface area contributed by atoms with Gasteiger partial charge < -0.3 is 5.32 Å². The molecule has 0 aliphatic rings. The third-order valence-electron chi connectivity index (χ3n) is 3.76. The van der Waals surface area contributed by atoms with Crippen molar-refractivity contribution in [3.63, 3.8) is 0 Å². The highest BCUT2D eigenvalue weighted by Crippen LogP contribution is 2.19. The lowest BCUT2D eigenvalue weighted by Gasteiger charge is -2.20. The quantitative estimate of drug-likeness (QED) is 0.426. The third kappa shape index (κ3) is 14.2. The first-order valence-electron chi connectivity index (χ1n) is 8.76. The van der Waals surface area contributed by atoms with Crippen molar-refractivity contribution in [1.29, 1.82) is 0 Å². The lowest BCUT2D eigenvalue weighted by Crippen LogP contribution is -2.27.